The van der Waals surface area contributed by atoms with Crippen LogP contribution in [0, 0.1) is 19.7 Å². The van der Waals surface area contributed by atoms with E-state index in [0.29, 0.717) is 17.7 Å². The number of hydrogen-bond acceptors (Lipinski definition) is 4. The van der Waals surface area contributed by atoms with Gasteiger partial charge in [-0.1, -0.05) is 50.1 Å². The van der Waals surface area contributed by atoms with Crippen molar-refractivity contribution < 1.29 is 22.4 Å². The molecule has 7 nitrogen and oxygen atoms in total. The van der Waals surface area contributed by atoms with Gasteiger partial charge in [-0.05, 0) is 61.9 Å². The van der Waals surface area contributed by atoms with Gasteiger partial charge in [0, 0.05) is 12.6 Å². The molecular weight excluding hydrogens is 481 g/mol. The van der Waals surface area contributed by atoms with E-state index >= 15 is 0 Å². The molecule has 0 aromatic heterocycles. The number of hydrogen-bond donors (Lipinski definition) is 1. The number of amides is 2. The highest BCUT2D eigenvalue weighted by Crippen LogP contribution is 2.27. The summed E-state index contributed by atoms with van der Waals surface area (Å²) in [5.74, 6) is -1.15. The summed E-state index contributed by atoms with van der Waals surface area (Å²) in [5, 5.41) is 3.07. The fourth-order valence-electron chi connectivity index (χ4n) is 4.85. The minimum atomic E-state index is -3.81. The molecule has 1 saturated carbocycles. The van der Waals surface area contributed by atoms with Gasteiger partial charge in [-0.25, -0.2) is 12.8 Å². The van der Waals surface area contributed by atoms with Crippen LogP contribution in [-0.2, 0) is 26.2 Å². The lowest BCUT2D eigenvalue weighted by atomic mass is 10.1. The molecule has 1 N–H and O–H groups in total. The summed E-state index contributed by atoms with van der Waals surface area (Å²) in [7, 11) is -3.81. The number of carbonyl (C=O) groups excluding carboxylic acids is 2. The molecular formula is C27H36FN3O4S. The lowest BCUT2D eigenvalue weighted by Gasteiger charge is -2.34. The van der Waals surface area contributed by atoms with Gasteiger partial charge in [0.15, 0.2) is 0 Å². The number of halogens is 1. The maximum atomic E-state index is 13.8. The highest BCUT2D eigenvalue weighted by atomic mass is 32.2. The Morgan fingerprint density at radius 3 is 2.17 bits per heavy atom. The van der Waals surface area contributed by atoms with E-state index in [4.69, 9.17) is 0 Å². The van der Waals surface area contributed by atoms with Crippen LogP contribution in [0.2, 0.25) is 0 Å². The molecule has 3 rings (SSSR count). The molecule has 0 unspecified atom stereocenters. The minimum absolute atomic E-state index is 0.0556. The molecule has 0 spiro atoms. The van der Waals surface area contributed by atoms with Crippen LogP contribution >= 0.6 is 0 Å². The third-order valence-corrected chi connectivity index (χ3v) is 7.83. The molecule has 2 amide bonds. The largest absolute Gasteiger partial charge is 0.352 e. The number of rotatable bonds is 10. The molecule has 36 heavy (non-hydrogen) atoms. The summed E-state index contributed by atoms with van der Waals surface area (Å²) >= 11 is 0. The molecule has 0 saturated heterocycles. The molecule has 1 aliphatic carbocycles. The van der Waals surface area contributed by atoms with Crippen LogP contribution in [0.3, 0.4) is 0 Å². The van der Waals surface area contributed by atoms with Crippen LogP contribution in [-0.4, -0.2) is 50.0 Å². The van der Waals surface area contributed by atoms with Crippen molar-refractivity contribution in [1.82, 2.24) is 10.2 Å². The predicted molar refractivity (Wildman–Crippen MR) is 140 cm³/mol. The van der Waals surface area contributed by atoms with Crippen LogP contribution in [0.5, 0.6) is 0 Å². The Kier molecular flexibility index (Phi) is 9.11. The van der Waals surface area contributed by atoms with Gasteiger partial charge in [0.1, 0.15) is 18.4 Å². The molecule has 9 heteroatoms. The van der Waals surface area contributed by atoms with Crippen molar-refractivity contribution >= 4 is 27.5 Å². The zero-order chi connectivity index (χ0) is 26.5. The maximum absolute atomic E-state index is 13.8. The number of carbonyl (C=O) groups is 2. The summed E-state index contributed by atoms with van der Waals surface area (Å²) < 4.78 is 40.3. The van der Waals surface area contributed by atoms with Crippen molar-refractivity contribution in [1.29, 1.82) is 0 Å². The zero-order valence-corrected chi connectivity index (χ0v) is 22.3. The maximum Gasteiger partial charge on any atom is 0.244 e. The molecule has 1 fully saturated rings. The molecule has 1 aliphatic rings. The van der Waals surface area contributed by atoms with E-state index in [0.717, 1.165) is 47.4 Å². The van der Waals surface area contributed by atoms with Crippen LogP contribution in [0.15, 0.2) is 42.5 Å². The average Bonchev–Trinajstić information content (AvgIpc) is 3.31. The zero-order valence-electron chi connectivity index (χ0n) is 21.5. The van der Waals surface area contributed by atoms with E-state index in [1.807, 2.05) is 13.0 Å². The first-order valence-electron chi connectivity index (χ1n) is 12.4. The van der Waals surface area contributed by atoms with Crippen molar-refractivity contribution in [3.8, 4) is 0 Å². The Balaban J connectivity index is 1.95. The van der Waals surface area contributed by atoms with Gasteiger partial charge < -0.3 is 10.2 Å². The lowest BCUT2D eigenvalue weighted by molar-refractivity contribution is -0.140. The molecule has 0 radical (unpaired) electrons. The first kappa shape index (κ1) is 27.6. The van der Waals surface area contributed by atoms with E-state index in [1.54, 1.807) is 38.1 Å². The standard InChI is InChI=1S/C27H36FN3O4S/c1-5-24(27(33)29-23-11-6-7-12-23)30(17-21-13-15-22(28)16-14-21)25(32)18-31(36(4,34)35)26-19(2)9-8-10-20(26)3/h8-10,13-16,23-24H,5-7,11-12,17-18H2,1-4H3,(H,29,33)/t24-/m1/s1. The van der Waals surface area contributed by atoms with Crippen molar-refractivity contribution in [2.45, 2.75) is 71.5 Å². The topological polar surface area (TPSA) is 86.8 Å². The quantitative estimate of drug-likeness (QED) is 0.515. The van der Waals surface area contributed by atoms with Crippen molar-refractivity contribution in [2.24, 2.45) is 0 Å². The van der Waals surface area contributed by atoms with E-state index in [9.17, 15) is 22.4 Å². The first-order chi connectivity index (χ1) is 17.0. The van der Waals surface area contributed by atoms with E-state index < -0.39 is 34.3 Å². The van der Waals surface area contributed by atoms with Gasteiger partial charge in [0.25, 0.3) is 0 Å². The van der Waals surface area contributed by atoms with Gasteiger partial charge in [-0.2, -0.15) is 0 Å². The highest BCUT2D eigenvalue weighted by Gasteiger charge is 2.33. The van der Waals surface area contributed by atoms with Gasteiger partial charge in [0.05, 0.1) is 11.9 Å². The molecule has 1 atom stereocenters. The number of aryl methyl sites for hydroxylation is 2. The normalized spacial score (nSPS) is 14.9. The second-order valence-corrected chi connectivity index (χ2v) is 11.5. The Morgan fingerprint density at radius 1 is 1.06 bits per heavy atom. The number of sulfonamides is 1. The molecule has 2 aromatic rings. The van der Waals surface area contributed by atoms with Gasteiger partial charge in [-0.15, -0.1) is 0 Å². The summed E-state index contributed by atoms with van der Waals surface area (Å²) in [4.78, 5) is 28.5. The van der Waals surface area contributed by atoms with E-state index in [-0.39, 0.29) is 18.5 Å². The van der Waals surface area contributed by atoms with E-state index in [2.05, 4.69) is 5.32 Å². The Bertz CT molecular complexity index is 1160. The van der Waals surface area contributed by atoms with Crippen LogP contribution in [0.4, 0.5) is 10.1 Å². The number of anilines is 1. The highest BCUT2D eigenvalue weighted by molar-refractivity contribution is 7.92. The molecule has 0 bridgehead atoms. The van der Waals surface area contributed by atoms with Crippen LogP contribution < -0.4 is 9.62 Å². The second kappa shape index (κ2) is 11.9. The molecule has 0 aliphatic heterocycles. The third-order valence-electron chi connectivity index (χ3n) is 6.72. The summed E-state index contributed by atoms with van der Waals surface area (Å²) in [6.45, 7) is 5.03. The average molecular weight is 518 g/mol. The lowest BCUT2D eigenvalue weighted by Crippen LogP contribution is -2.53. The smallest absolute Gasteiger partial charge is 0.244 e. The van der Waals surface area contributed by atoms with Crippen LogP contribution in [0.1, 0.15) is 55.7 Å². The number of benzene rings is 2. The van der Waals surface area contributed by atoms with Crippen molar-refractivity contribution in [3.05, 3.63) is 65.0 Å². The predicted octanol–water partition coefficient (Wildman–Crippen LogP) is 4.07. The molecule has 196 valence electrons. The van der Waals surface area contributed by atoms with Gasteiger partial charge >= 0.3 is 0 Å². The fraction of sp³-hybridized carbons (Fsp3) is 0.481. The minimum Gasteiger partial charge on any atom is -0.352 e. The van der Waals surface area contributed by atoms with E-state index in [1.165, 1.54) is 17.0 Å². The molecule has 2 aromatic carbocycles. The second-order valence-electron chi connectivity index (χ2n) is 9.57. The summed E-state index contributed by atoms with van der Waals surface area (Å²) in [6.07, 6.45) is 5.34. The number of nitrogens with one attached hydrogen (secondary N) is 1. The van der Waals surface area contributed by atoms with Crippen molar-refractivity contribution in [2.75, 3.05) is 17.1 Å². The SMILES string of the molecule is CC[C@H](C(=O)NC1CCCC1)N(Cc1ccc(F)cc1)C(=O)CN(c1c(C)cccc1C)S(C)(=O)=O. The van der Waals surface area contributed by atoms with Gasteiger partial charge in [0.2, 0.25) is 21.8 Å². The fourth-order valence-corrected chi connectivity index (χ4v) is 5.81. The monoisotopic (exact) mass is 517 g/mol. The number of para-hydroxylation sites is 1. The Hall–Kier alpha value is -2.94. The Labute approximate surface area is 213 Å². The summed E-state index contributed by atoms with van der Waals surface area (Å²) in [5.41, 5.74) is 2.56. The van der Waals surface area contributed by atoms with Crippen molar-refractivity contribution in [3.63, 3.8) is 0 Å². The first-order valence-corrected chi connectivity index (χ1v) is 14.2. The number of nitrogens with zero attached hydrogens (tertiary/aromatic N) is 2. The van der Waals surface area contributed by atoms with Crippen LogP contribution in [0.25, 0.3) is 0 Å². The third kappa shape index (κ3) is 6.84. The van der Waals surface area contributed by atoms with Gasteiger partial charge in [-0.3, -0.25) is 13.9 Å². The Morgan fingerprint density at radius 2 is 1.64 bits per heavy atom. The summed E-state index contributed by atoms with van der Waals surface area (Å²) in [6, 6.07) is 10.5. The molecule has 0 heterocycles.